The Kier molecular flexibility index (Phi) is 2.66. The molecule has 2 rings (SSSR count). The molecule has 1 heterocycles. The van der Waals surface area contributed by atoms with E-state index in [0.29, 0.717) is 10.7 Å². The van der Waals surface area contributed by atoms with Crippen LogP contribution in [-0.2, 0) is 0 Å². The molecule has 1 aromatic carbocycles. The topological polar surface area (TPSA) is 36.7 Å². The lowest BCUT2D eigenvalue weighted by molar-refractivity contribution is 1.32. The maximum atomic E-state index is 8.66. The fourth-order valence-electron chi connectivity index (χ4n) is 1.28. The van der Waals surface area contributed by atoms with E-state index in [1.165, 1.54) is 0 Å². The fourth-order valence-corrected chi connectivity index (χ4v) is 1.45. The maximum Gasteiger partial charge on any atom is 0.129 e. The van der Waals surface area contributed by atoms with Gasteiger partial charge in [0.2, 0.25) is 0 Å². The third-order valence-electron chi connectivity index (χ3n) is 2.02. The van der Waals surface area contributed by atoms with Crippen molar-refractivity contribution in [3.8, 4) is 17.3 Å². The molecule has 1 aromatic heterocycles. The Morgan fingerprint density at radius 3 is 2.40 bits per heavy atom. The van der Waals surface area contributed by atoms with Crippen molar-refractivity contribution in [3.63, 3.8) is 0 Å². The molecule has 2 aromatic rings. The van der Waals surface area contributed by atoms with Crippen molar-refractivity contribution in [1.82, 2.24) is 4.98 Å². The molecule has 0 spiro atoms. The lowest BCUT2D eigenvalue weighted by Gasteiger charge is -2.00. The van der Waals surface area contributed by atoms with Gasteiger partial charge in [0.25, 0.3) is 0 Å². The first-order valence-corrected chi connectivity index (χ1v) is 4.80. The zero-order valence-electron chi connectivity index (χ0n) is 7.81. The van der Waals surface area contributed by atoms with Crippen molar-refractivity contribution in [2.45, 2.75) is 0 Å². The van der Waals surface area contributed by atoms with Gasteiger partial charge >= 0.3 is 0 Å². The summed E-state index contributed by atoms with van der Waals surface area (Å²) in [4.78, 5) is 4.18. The minimum Gasteiger partial charge on any atom is -0.236 e. The first-order valence-electron chi connectivity index (χ1n) is 4.43. The van der Waals surface area contributed by atoms with Crippen molar-refractivity contribution in [2.75, 3.05) is 0 Å². The predicted molar refractivity (Wildman–Crippen MR) is 59.4 cm³/mol. The Bertz CT molecular complexity index is 512. The van der Waals surface area contributed by atoms with E-state index >= 15 is 0 Å². The molecule has 0 aliphatic heterocycles. The molecular formula is C12H7ClN2. The van der Waals surface area contributed by atoms with Gasteiger partial charge < -0.3 is 0 Å². The van der Waals surface area contributed by atoms with E-state index in [1.54, 1.807) is 18.2 Å². The standard InChI is InChI=1S/C12H7ClN2/c13-12-3-1-2-11(15-12)10-6-4-9(8-14)5-7-10/h1-7H. The van der Waals surface area contributed by atoms with Crippen LogP contribution < -0.4 is 0 Å². The second-order valence-electron chi connectivity index (χ2n) is 3.03. The highest BCUT2D eigenvalue weighted by molar-refractivity contribution is 6.29. The Balaban J connectivity index is 2.42. The molecule has 0 radical (unpaired) electrons. The largest absolute Gasteiger partial charge is 0.236 e. The summed E-state index contributed by atoms with van der Waals surface area (Å²) in [5.74, 6) is 0. The van der Waals surface area contributed by atoms with Crippen molar-refractivity contribution in [3.05, 3.63) is 53.2 Å². The van der Waals surface area contributed by atoms with E-state index in [1.807, 2.05) is 24.3 Å². The molecule has 0 saturated carbocycles. The van der Waals surface area contributed by atoms with Crippen LogP contribution in [0.25, 0.3) is 11.3 Å². The van der Waals surface area contributed by atoms with Crippen LogP contribution in [0.4, 0.5) is 0 Å². The van der Waals surface area contributed by atoms with Gasteiger partial charge in [-0.25, -0.2) is 4.98 Å². The fraction of sp³-hybridized carbons (Fsp3) is 0. The molecular weight excluding hydrogens is 208 g/mol. The molecule has 15 heavy (non-hydrogen) atoms. The Labute approximate surface area is 92.8 Å². The molecule has 0 saturated heterocycles. The number of nitriles is 1. The molecule has 0 aliphatic carbocycles. The van der Waals surface area contributed by atoms with E-state index in [2.05, 4.69) is 11.1 Å². The van der Waals surface area contributed by atoms with Gasteiger partial charge in [-0.3, -0.25) is 0 Å². The molecule has 2 nitrogen and oxygen atoms in total. The first kappa shape index (κ1) is 9.70. The maximum absolute atomic E-state index is 8.66. The Hall–Kier alpha value is -1.85. The summed E-state index contributed by atoms with van der Waals surface area (Å²) in [5, 5.41) is 9.13. The molecule has 3 heteroatoms. The number of halogens is 1. The van der Waals surface area contributed by atoms with Crippen LogP contribution in [0.1, 0.15) is 5.56 Å². The zero-order chi connectivity index (χ0) is 10.7. The van der Waals surface area contributed by atoms with Crippen molar-refractivity contribution >= 4 is 11.6 Å². The van der Waals surface area contributed by atoms with Crippen molar-refractivity contribution in [1.29, 1.82) is 5.26 Å². The van der Waals surface area contributed by atoms with Crippen LogP contribution in [0.2, 0.25) is 5.15 Å². The number of rotatable bonds is 1. The average molecular weight is 215 g/mol. The quantitative estimate of drug-likeness (QED) is 0.683. The highest BCUT2D eigenvalue weighted by atomic mass is 35.5. The van der Waals surface area contributed by atoms with Gasteiger partial charge in [0.1, 0.15) is 5.15 Å². The SMILES string of the molecule is N#Cc1ccc(-c2cccc(Cl)n2)cc1. The van der Waals surface area contributed by atoms with Gasteiger partial charge in [-0.05, 0) is 24.3 Å². The summed E-state index contributed by atoms with van der Waals surface area (Å²) >= 11 is 5.79. The van der Waals surface area contributed by atoms with E-state index in [4.69, 9.17) is 16.9 Å². The smallest absolute Gasteiger partial charge is 0.129 e. The zero-order valence-corrected chi connectivity index (χ0v) is 8.57. The second-order valence-corrected chi connectivity index (χ2v) is 3.42. The third-order valence-corrected chi connectivity index (χ3v) is 2.24. The summed E-state index contributed by atoms with van der Waals surface area (Å²) in [6.07, 6.45) is 0. The van der Waals surface area contributed by atoms with Gasteiger partial charge in [0.15, 0.2) is 0 Å². The molecule has 0 unspecified atom stereocenters. The summed E-state index contributed by atoms with van der Waals surface area (Å²) in [6.45, 7) is 0. The second kappa shape index (κ2) is 4.12. The van der Waals surface area contributed by atoms with Gasteiger partial charge in [0, 0.05) is 5.56 Å². The predicted octanol–water partition coefficient (Wildman–Crippen LogP) is 3.27. The van der Waals surface area contributed by atoms with Crippen LogP contribution in [0.15, 0.2) is 42.5 Å². The first-order chi connectivity index (χ1) is 7.29. The highest BCUT2D eigenvalue weighted by Gasteiger charge is 1.99. The summed E-state index contributed by atoms with van der Waals surface area (Å²) in [6, 6.07) is 14.8. The van der Waals surface area contributed by atoms with Crippen LogP contribution in [0.5, 0.6) is 0 Å². The van der Waals surface area contributed by atoms with E-state index in [-0.39, 0.29) is 0 Å². The number of benzene rings is 1. The summed E-state index contributed by atoms with van der Waals surface area (Å²) < 4.78 is 0. The normalized spacial score (nSPS) is 9.60. The summed E-state index contributed by atoms with van der Waals surface area (Å²) in [5.41, 5.74) is 2.41. The van der Waals surface area contributed by atoms with E-state index in [0.717, 1.165) is 11.3 Å². The number of pyridine rings is 1. The highest BCUT2D eigenvalue weighted by Crippen LogP contribution is 2.19. The monoisotopic (exact) mass is 214 g/mol. The summed E-state index contributed by atoms with van der Waals surface area (Å²) in [7, 11) is 0. The lowest BCUT2D eigenvalue weighted by atomic mass is 10.1. The Morgan fingerprint density at radius 2 is 1.80 bits per heavy atom. The third kappa shape index (κ3) is 2.15. The van der Waals surface area contributed by atoms with Gasteiger partial charge in [-0.2, -0.15) is 5.26 Å². The molecule has 72 valence electrons. The minimum absolute atomic E-state index is 0.469. The molecule has 0 amide bonds. The van der Waals surface area contributed by atoms with Gasteiger partial charge in [0.05, 0.1) is 17.3 Å². The van der Waals surface area contributed by atoms with Crippen LogP contribution in [0.3, 0.4) is 0 Å². The number of hydrogen-bond donors (Lipinski definition) is 0. The van der Waals surface area contributed by atoms with Crippen LogP contribution >= 0.6 is 11.6 Å². The molecule has 0 aliphatic rings. The number of hydrogen-bond acceptors (Lipinski definition) is 2. The van der Waals surface area contributed by atoms with Gasteiger partial charge in [-0.1, -0.05) is 29.8 Å². The van der Waals surface area contributed by atoms with Crippen molar-refractivity contribution < 1.29 is 0 Å². The molecule has 0 N–H and O–H groups in total. The minimum atomic E-state index is 0.469. The van der Waals surface area contributed by atoms with Crippen molar-refractivity contribution in [2.24, 2.45) is 0 Å². The number of aromatic nitrogens is 1. The van der Waals surface area contributed by atoms with Crippen LogP contribution in [0, 0.1) is 11.3 Å². The van der Waals surface area contributed by atoms with Gasteiger partial charge in [-0.15, -0.1) is 0 Å². The van der Waals surface area contributed by atoms with E-state index < -0.39 is 0 Å². The Morgan fingerprint density at radius 1 is 1.07 bits per heavy atom. The van der Waals surface area contributed by atoms with E-state index in [9.17, 15) is 0 Å². The number of nitrogens with zero attached hydrogens (tertiary/aromatic N) is 2. The molecule has 0 atom stereocenters. The average Bonchev–Trinajstić information content (AvgIpc) is 2.29. The molecule has 0 fully saturated rings. The lowest BCUT2D eigenvalue weighted by Crippen LogP contribution is -1.83. The van der Waals surface area contributed by atoms with Crippen LogP contribution in [-0.4, -0.2) is 4.98 Å². The molecule has 0 bridgehead atoms.